The SMILES string of the molecule is C=C(Br)C[C@@H](NC(=O)c1ccc(F)cc1)C(=O)O. The van der Waals surface area contributed by atoms with E-state index in [2.05, 4.69) is 27.8 Å². The number of hydrogen-bond donors (Lipinski definition) is 2. The van der Waals surface area contributed by atoms with Gasteiger partial charge in [0, 0.05) is 12.0 Å². The van der Waals surface area contributed by atoms with Gasteiger partial charge in [-0.05, 0) is 28.7 Å². The van der Waals surface area contributed by atoms with E-state index in [0.29, 0.717) is 4.48 Å². The lowest BCUT2D eigenvalue weighted by Crippen LogP contribution is -2.40. The van der Waals surface area contributed by atoms with Gasteiger partial charge in [0.1, 0.15) is 11.9 Å². The number of carboxylic acids is 1. The largest absolute Gasteiger partial charge is 0.480 e. The molecule has 1 amide bonds. The van der Waals surface area contributed by atoms with Crippen molar-refractivity contribution >= 4 is 27.8 Å². The summed E-state index contributed by atoms with van der Waals surface area (Å²) in [4.78, 5) is 22.6. The van der Waals surface area contributed by atoms with Crippen molar-refractivity contribution in [2.24, 2.45) is 0 Å². The molecule has 96 valence electrons. The third-order valence-electron chi connectivity index (χ3n) is 2.14. The molecule has 4 nitrogen and oxygen atoms in total. The van der Waals surface area contributed by atoms with Gasteiger partial charge >= 0.3 is 5.97 Å². The molecule has 0 bridgehead atoms. The lowest BCUT2D eigenvalue weighted by molar-refractivity contribution is -0.139. The van der Waals surface area contributed by atoms with Crippen LogP contribution in [0.3, 0.4) is 0 Å². The molecule has 0 radical (unpaired) electrons. The number of benzene rings is 1. The van der Waals surface area contributed by atoms with E-state index in [9.17, 15) is 14.0 Å². The minimum Gasteiger partial charge on any atom is -0.480 e. The first-order chi connectivity index (χ1) is 8.40. The number of carbonyl (C=O) groups excluding carboxylic acids is 1. The summed E-state index contributed by atoms with van der Waals surface area (Å²) >= 11 is 3.04. The Bertz CT molecular complexity index is 473. The molecule has 1 atom stereocenters. The average Bonchev–Trinajstić information content (AvgIpc) is 2.28. The predicted molar refractivity (Wildman–Crippen MR) is 68.0 cm³/mol. The van der Waals surface area contributed by atoms with Crippen molar-refractivity contribution in [3.05, 3.63) is 46.7 Å². The third kappa shape index (κ3) is 4.29. The fraction of sp³-hybridized carbons (Fsp3) is 0.167. The molecule has 0 fully saturated rings. The Balaban J connectivity index is 2.75. The summed E-state index contributed by atoms with van der Waals surface area (Å²) in [5.74, 6) is -2.20. The summed E-state index contributed by atoms with van der Waals surface area (Å²) in [7, 11) is 0. The van der Waals surface area contributed by atoms with Gasteiger partial charge in [0.05, 0.1) is 0 Å². The zero-order valence-electron chi connectivity index (χ0n) is 9.32. The second-order valence-corrected chi connectivity index (χ2v) is 4.71. The van der Waals surface area contributed by atoms with Crippen LogP contribution in [-0.2, 0) is 4.79 Å². The number of carbonyl (C=O) groups is 2. The standard InChI is InChI=1S/C12H11BrFNO3/c1-7(13)6-10(12(17)18)15-11(16)8-2-4-9(14)5-3-8/h2-5,10H,1,6H2,(H,15,16)(H,17,18)/t10-/m1/s1. The van der Waals surface area contributed by atoms with Crippen molar-refractivity contribution in [3.63, 3.8) is 0 Å². The predicted octanol–water partition coefficient (Wildman–Crippen LogP) is 2.31. The topological polar surface area (TPSA) is 66.4 Å². The van der Waals surface area contributed by atoms with Crippen LogP contribution < -0.4 is 5.32 Å². The van der Waals surface area contributed by atoms with Crippen LogP contribution in [0.2, 0.25) is 0 Å². The smallest absolute Gasteiger partial charge is 0.326 e. The Labute approximate surface area is 112 Å². The fourth-order valence-corrected chi connectivity index (χ4v) is 1.59. The van der Waals surface area contributed by atoms with Crippen LogP contribution in [0.15, 0.2) is 35.3 Å². The summed E-state index contributed by atoms with van der Waals surface area (Å²) in [6, 6.07) is 3.76. The Morgan fingerprint density at radius 3 is 2.39 bits per heavy atom. The van der Waals surface area contributed by atoms with Gasteiger partial charge in [-0.15, -0.1) is 0 Å². The Morgan fingerprint density at radius 2 is 1.94 bits per heavy atom. The molecule has 0 saturated heterocycles. The highest BCUT2D eigenvalue weighted by Crippen LogP contribution is 2.11. The maximum atomic E-state index is 12.7. The number of rotatable bonds is 5. The highest BCUT2D eigenvalue weighted by Gasteiger charge is 2.20. The second-order valence-electron chi connectivity index (χ2n) is 3.59. The molecule has 0 heterocycles. The van der Waals surface area contributed by atoms with Gasteiger partial charge in [-0.25, -0.2) is 9.18 Å². The molecule has 6 heteroatoms. The molecular formula is C12H11BrFNO3. The molecule has 1 rings (SSSR count). The van der Waals surface area contributed by atoms with Crippen LogP contribution >= 0.6 is 15.9 Å². The van der Waals surface area contributed by atoms with Gasteiger partial charge in [-0.2, -0.15) is 0 Å². The van der Waals surface area contributed by atoms with Crippen molar-refractivity contribution in [1.29, 1.82) is 0 Å². The number of aliphatic carboxylic acids is 1. The number of amides is 1. The minimum absolute atomic E-state index is 0.0717. The minimum atomic E-state index is -1.16. The van der Waals surface area contributed by atoms with Crippen molar-refractivity contribution in [1.82, 2.24) is 5.32 Å². The summed E-state index contributed by atoms with van der Waals surface area (Å²) in [6.07, 6.45) is 0.0717. The van der Waals surface area contributed by atoms with Gasteiger partial charge in [0.2, 0.25) is 0 Å². The van der Waals surface area contributed by atoms with E-state index in [4.69, 9.17) is 5.11 Å². The first-order valence-corrected chi connectivity index (χ1v) is 5.82. The lowest BCUT2D eigenvalue weighted by atomic mass is 10.1. The Hall–Kier alpha value is -1.69. The van der Waals surface area contributed by atoms with E-state index < -0.39 is 23.7 Å². The van der Waals surface area contributed by atoms with Crippen molar-refractivity contribution in [2.45, 2.75) is 12.5 Å². The van der Waals surface area contributed by atoms with Crippen LogP contribution in [0.1, 0.15) is 16.8 Å². The first kappa shape index (κ1) is 14.4. The molecule has 0 spiro atoms. The quantitative estimate of drug-likeness (QED) is 0.876. The Kier molecular flexibility index (Phi) is 5.03. The van der Waals surface area contributed by atoms with Crippen LogP contribution in [0, 0.1) is 5.82 Å². The van der Waals surface area contributed by atoms with E-state index in [1.807, 2.05) is 0 Å². The molecule has 0 unspecified atom stereocenters. The molecule has 0 aromatic heterocycles. The lowest BCUT2D eigenvalue weighted by Gasteiger charge is -2.13. The van der Waals surface area contributed by atoms with E-state index in [-0.39, 0.29) is 12.0 Å². The maximum absolute atomic E-state index is 12.7. The van der Waals surface area contributed by atoms with Gasteiger partial charge in [0.25, 0.3) is 5.91 Å². The molecule has 2 N–H and O–H groups in total. The summed E-state index contributed by atoms with van der Waals surface area (Å²) < 4.78 is 13.1. The first-order valence-electron chi connectivity index (χ1n) is 5.02. The van der Waals surface area contributed by atoms with Crippen LogP contribution in [0.5, 0.6) is 0 Å². The van der Waals surface area contributed by atoms with E-state index >= 15 is 0 Å². The van der Waals surface area contributed by atoms with Crippen molar-refractivity contribution in [3.8, 4) is 0 Å². The molecule has 0 aliphatic heterocycles. The van der Waals surface area contributed by atoms with Gasteiger partial charge in [-0.3, -0.25) is 4.79 Å². The zero-order valence-corrected chi connectivity index (χ0v) is 10.9. The zero-order chi connectivity index (χ0) is 13.7. The fourth-order valence-electron chi connectivity index (χ4n) is 1.26. The maximum Gasteiger partial charge on any atom is 0.326 e. The highest BCUT2D eigenvalue weighted by atomic mass is 79.9. The number of halogens is 2. The van der Waals surface area contributed by atoms with Crippen molar-refractivity contribution < 1.29 is 19.1 Å². The molecule has 0 saturated carbocycles. The van der Waals surface area contributed by atoms with Crippen LogP contribution in [-0.4, -0.2) is 23.0 Å². The van der Waals surface area contributed by atoms with E-state index in [1.54, 1.807) is 0 Å². The number of carboxylic acid groups (broad SMARTS) is 1. The normalized spacial score (nSPS) is 11.7. The van der Waals surface area contributed by atoms with Crippen LogP contribution in [0.25, 0.3) is 0 Å². The summed E-state index contributed by atoms with van der Waals surface area (Å²) in [5.41, 5.74) is 0.197. The third-order valence-corrected chi connectivity index (χ3v) is 2.46. The van der Waals surface area contributed by atoms with Gasteiger partial charge in [0.15, 0.2) is 0 Å². The summed E-state index contributed by atoms with van der Waals surface area (Å²) in [6.45, 7) is 3.52. The number of hydrogen-bond acceptors (Lipinski definition) is 2. The highest BCUT2D eigenvalue weighted by molar-refractivity contribution is 9.11. The molecule has 0 aliphatic rings. The van der Waals surface area contributed by atoms with E-state index in [1.165, 1.54) is 12.1 Å². The van der Waals surface area contributed by atoms with Gasteiger partial charge < -0.3 is 10.4 Å². The number of nitrogens with one attached hydrogen (secondary N) is 1. The second kappa shape index (κ2) is 6.30. The summed E-state index contributed by atoms with van der Waals surface area (Å²) in [5, 5.41) is 11.3. The van der Waals surface area contributed by atoms with Crippen molar-refractivity contribution in [2.75, 3.05) is 0 Å². The van der Waals surface area contributed by atoms with Gasteiger partial charge in [-0.1, -0.05) is 22.5 Å². The molecule has 0 aliphatic carbocycles. The molecule has 18 heavy (non-hydrogen) atoms. The monoisotopic (exact) mass is 315 g/mol. The van der Waals surface area contributed by atoms with E-state index in [0.717, 1.165) is 12.1 Å². The molecular weight excluding hydrogens is 305 g/mol. The molecule has 1 aromatic carbocycles. The average molecular weight is 316 g/mol. The molecule has 1 aromatic rings. The van der Waals surface area contributed by atoms with Crippen LogP contribution in [0.4, 0.5) is 4.39 Å². The Morgan fingerprint density at radius 1 is 1.39 bits per heavy atom.